The maximum atomic E-state index is 11.9. The fourth-order valence-electron chi connectivity index (χ4n) is 5.52. The minimum atomic E-state index is -1.83. The Morgan fingerprint density at radius 1 is 1.14 bits per heavy atom. The molecule has 28 heavy (non-hydrogen) atoms. The lowest BCUT2D eigenvalue weighted by Gasteiger charge is -2.53. The van der Waals surface area contributed by atoms with E-state index in [0.29, 0.717) is 25.6 Å². The number of methoxy groups -OCH3 is 1. The van der Waals surface area contributed by atoms with Gasteiger partial charge in [0.2, 0.25) is 0 Å². The molecule has 0 aromatic carbocycles. The second-order valence-corrected chi connectivity index (χ2v) is 15.5. The van der Waals surface area contributed by atoms with E-state index < -0.39 is 14.1 Å². The normalized spacial score (nSPS) is 35.2. The fourth-order valence-corrected chi connectivity index (χ4v) is 6.98. The Morgan fingerprint density at radius 3 is 2.36 bits per heavy atom. The summed E-state index contributed by atoms with van der Waals surface area (Å²) in [5, 5.41) is 0.208. The van der Waals surface area contributed by atoms with Crippen molar-refractivity contribution in [3.05, 3.63) is 0 Å². The molecule has 0 N–H and O–H groups in total. The van der Waals surface area contributed by atoms with Crippen LogP contribution in [-0.4, -0.2) is 46.5 Å². The molecule has 1 aliphatic heterocycles. The van der Waals surface area contributed by atoms with Gasteiger partial charge in [0, 0.05) is 18.8 Å². The van der Waals surface area contributed by atoms with E-state index in [0.717, 1.165) is 32.1 Å². The molecule has 2 saturated carbocycles. The van der Waals surface area contributed by atoms with Crippen molar-refractivity contribution in [2.24, 2.45) is 17.3 Å². The summed E-state index contributed by atoms with van der Waals surface area (Å²) in [6.45, 7) is 15.4. The first-order valence-electron chi connectivity index (χ1n) is 11.0. The third-order valence-electron chi connectivity index (χ3n) is 8.29. The monoisotopic (exact) mass is 412 g/mol. The molecule has 0 aromatic heterocycles. The van der Waals surface area contributed by atoms with Crippen LogP contribution >= 0.6 is 0 Å². The summed E-state index contributed by atoms with van der Waals surface area (Å²) in [5.74, 6) is 0.0245. The van der Waals surface area contributed by atoms with E-state index >= 15 is 0 Å². The van der Waals surface area contributed by atoms with Crippen LogP contribution in [0.15, 0.2) is 0 Å². The number of rotatable bonds is 5. The van der Waals surface area contributed by atoms with Crippen LogP contribution in [0.1, 0.15) is 66.2 Å². The van der Waals surface area contributed by atoms with E-state index in [1.165, 1.54) is 7.11 Å². The smallest absolute Gasteiger partial charge is 0.305 e. The highest BCUT2D eigenvalue weighted by atomic mass is 28.4. The Kier molecular flexibility index (Phi) is 6.10. The van der Waals surface area contributed by atoms with Gasteiger partial charge in [0.25, 0.3) is 0 Å². The summed E-state index contributed by atoms with van der Waals surface area (Å²) in [5.41, 5.74) is 0.122. The van der Waals surface area contributed by atoms with Crippen LogP contribution in [-0.2, 0) is 23.4 Å². The van der Waals surface area contributed by atoms with Crippen LogP contribution in [0, 0.1) is 17.3 Å². The molecule has 5 nitrogen and oxygen atoms in total. The summed E-state index contributed by atoms with van der Waals surface area (Å²) in [6, 6.07) is 0. The predicted octanol–water partition coefficient (Wildman–Crippen LogP) is 4.90. The second kappa shape index (κ2) is 7.68. The van der Waals surface area contributed by atoms with Crippen molar-refractivity contribution in [2.75, 3.05) is 20.3 Å². The SMILES string of the molecule is COC(=O)CC[C@H]1[C@@H]2CC[C@H](O[Si](C)(C)C(C)(C)C)[C@@]2(C)CCC12OCCO2. The maximum absolute atomic E-state index is 11.9. The van der Waals surface area contributed by atoms with Gasteiger partial charge < -0.3 is 18.6 Å². The van der Waals surface area contributed by atoms with Crippen molar-refractivity contribution in [3.8, 4) is 0 Å². The van der Waals surface area contributed by atoms with Crippen LogP contribution in [0.4, 0.5) is 0 Å². The number of hydrogen-bond donors (Lipinski definition) is 0. The van der Waals surface area contributed by atoms with Crippen LogP contribution < -0.4 is 0 Å². The van der Waals surface area contributed by atoms with Crippen molar-refractivity contribution in [2.45, 2.75) is 96.2 Å². The minimum absolute atomic E-state index is 0.122. The van der Waals surface area contributed by atoms with Crippen molar-refractivity contribution >= 4 is 14.3 Å². The van der Waals surface area contributed by atoms with E-state index in [2.05, 4.69) is 40.8 Å². The van der Waals surface area contributed by atoms with Crippen molar-refractivity contribution in [3.63, 3.8) is 0 Å². The third-order valence-corrected chi connectivity index (χ3v) is 12.8. The molecule has 1 saturated heterocycles. The quantitative estimate of drug-likeness (QED) is 0.475. The van der Waals surface area contributed by atoms with Crippen LogP contribution in [0.2, 0.25) is 18.1 Å². The molecule has 3 fully saturated rings. The lowest BCUT2D eigenvalue weighted by atomic mass is 9.60. The number of fused-ring (bicyclic) bond motifs is 1. The highest BCUT2D eigenvalue weighted by Crippen LogP contribution is 2.61. The molecule has 0 aromatic rings. The number of carbonyl (C=O) groups is 1. The molecule has 3 aliphatic rings. The molecular formula is C22H40O5Si. The average Bonchev–Trinajstić information content (AvgIpc) is 3.20. The lowest BCUT2D eigenvalue weighted by Crippen LogP contribution is -2.55. The molecule has 0 bridgehead atoms. The highest BCUT2D eigenvalue weighted by Gasteiger charge is 2.62. The zero-order chi connectivity index (χ0) is 20.8. The summed E-state index contributed by atoms with van der Waals surface area (Å²) in [7, 11) is -0.371. The minimum Gasteiger partial charge on any atom is -0.469 e. The van der Waals surface area contributed by atoms with E-state index in [-0.39, 0.29) is 28.4 Å². The van der Waals surface area contributed by atoms with E-state index in [1.807, 2.05) is 0 Å². The Bertz CT molecular complexity index is 578. The Hall–Kier alpha value is -0.433. The van der Waals surface area contributed by atoms with Gasteiger partial charge in [0.1, 0.15) is 0 Å². The highest BCUT2D eigenvalue weighted by molar-refractivity contribution is 6.74. The first-order valence-corrected chi connectivity index (χ1v) is 13.9. The molecule has 0 unspecified atom stereocenters. The van der Waals surface area contributed by atoms with Crippen molar-refractivity contribution in [1.82, 2.24) is 0 Å². The first-order chi connectivity index (χ1) is 13.0. The maximum Gasteiger partial charge on any atom is 0.305 e. The van der Waals surface area contributed by atoms with Gasteiger partial charge in [0.15, 0.2) is 14.1 Å². The summed E-state index contributed by atoms with van der Waals surface area (Å²) in [4.78, 5) is 11.9. The van der Waals surface area contributed by atoms with Gasteiger partial charge in [-0.3, -0.25) is 4.79 Å². The van der Waals surface area contributed by atoms with Crippen LogP contribution in [0.5, 0.6) is 0 Å². The molecule has 1 heterocycles. The summed E-state index contributed by atoms with van der Waals surface area (Å²) in [6.07, 6.45) is 5.65. The van der Waals surface area contributed by atoms with Gasteiger partial charge in [0.05, 0.1) is 26.4 Å². The molecule has 4 atom stereocenters. The van der Waals surface area contributed by atoms with Gasteiger partial charge in [-0.2, -0.15) is 0 Å². The molecule has 2 aliphatic carbocycles. The summed E-state index contributed by atoms with van der Waals surface area (Å²) >= 11 is 0. The van der Waals surface area contributed by atoms with Crippen molar-refractivity contribution < 1.29 is 23.4 Å². The topological polar surface area (TPSA) is 54.0 Å². The Labute approximate surface area is 172 Å². The standard InChI is InChI=1S/C22H40O5Si/c1-20(2,3)28(6,7)27-18-10-8-16-17(9-11-19(23)24-5)22(25-14-15-26-22)13-12-21(16,18)4/h16-18H,8-15H2,1-7H3/t16-,17-,18-,21-/m0/s1. The second-order valence-electron chi connectivity index (χ2n) is 10.8. The van der Waals surface area contributed by atoms with Gasteiger partial charge >= 0.3 is 5.97 Å². The average molecular weight is 413 g/mol. The van der Waals surface area contributed by atoms with E-state index in [1.54, 1.807) is 0 Å². The molecule has 0 radical (unpaired) electrons. The molecular weight excluding hydrogens is 372 g/mol. The van der Waals surface area contributed by atoms with Crippen LogP contribution in [0.25, 0.3) is 0 Å². The molecule has 6 heteroatoms. The number of ether oxygens (including phenoxy) is 3. The van der Waals surface area contributed by atoms with Crippen LogP contribution in [0.3, 0.4) is 0 Å². The number of carbonyl (C=O) groups excluding carboxylic acids is 1. The number of esters is 1. The summed E-state index contributed by atoms with van der Waals surface area (Å²) < 4.78 is 24.3. The van der Waals surface area contributed by atoms with Gasteiger partial charge in [-0.15, -0.1) is 0 Å². The predicted molar refractivity (Wildman–Crippen MR) is 112 cm³/mol. The Morgan fingerprint density at radius 2 is 1.79 bits per heavy atom. The van der Waals surface area contributed by atoms with Crippen molar-refractivity contribution in [1.29, 1.82) is 0 Å². The lowest BCUT2D eigenvalue weighted by molar-refractivity contribution is -0.249. The van der Waals surface area contributed by atoms with E-state index in [9.17, 15) is 4.79 Å². The van der Waals surface area contributed by atoms with E-state index in [4.69, 9.17) is 18.6 Å². The Balaban J connectivity index is 1.82. The molecule has 0 amide bonds. The zero-order valence-electron chi connectivity index (χ0n) is 18.9. The number of hydrogen-bond acceptors (Lipinski definition) is 5. The zero-order valence-corrected chi connectivity index (χ0v) is 19.9. The molecule has 3 rings (SSSR count). The largest absolute Gasteiger partial charge is 0.469 e. The molecule has 1 spiro atoms. The first kappa shape index (κ1) is 22.3. The van der Waals surface area contributed by atoms with Gasteiger partial charge in [-0.25, -0.2) is 0 Å². The van der Waals surface area contributed by atoms with Gasteiger partial charge in [-0.05, 0) is 55.1 Å². The fraction of sp³-hybridized carbons (Fsp3) is 0.955. The third kappa shape index (κ3) is 3.82. The molecule has 162 valence electrons. The van der Waals surface area contributed by atoms with Gasteiger partial charge in [-0.1, -0.05) is 27.7 Å².